The summed E-state index contributed by atoms with van der Waals surface area (Å²) in [5.74, 6) is -0.256. The minimum Gasteiger partial charge on any atom is -0.504 e. The molecule has 0 saturated carbocycles. The van der Waals surface area contributed by atoms with Gasteiger partial charge in [0.25, 0.3) is 0 Å². The average Bonchev–Trinajstić information content (AvgIpc) is 2.19. The molecule has 4 heteroatoms. The second kappa shape index (κ2) is 3.40. The first-order valence-corrected chi connectivity index (χ1v) is 4.95. The van der Waals surface area contributed by atoms with E-state index in [0.29, 0.717) is 17.7 Å². The van der Waals surface area contributed by atoms with E-state index in [0.717, 1.165) is 0 Å². The number of aliphatic hydroxyl groups excluding tert-OH is 1. The zero-order chi connectivity index (χ0) is 11.2. The van der Waals surface area contributed by atoms with E-state index in [9.17, 15) is 15.3 Å². The van der Waals surface area contributed by atoms with Gasteiger partial charge in [-0.25, -0.2) is 0 Å². The van der Waals surface area contributed by atoms with Crippen molar-refractivity contribution in [1.82, 2.24) is 4.90 Å². The number of hydrogen-bond acceptors (Lipinski definition) is 4. The van der Waals surface area contributed by atoms with Crippen LogP contribution >= 0.6 is 0 Å². The van der Waals surface area contributed by atoms with Gasteiger partial charge < -0.3 is 15.3 Å². The van der Waals surface area contributed by atoms with Gasteiger partial charge >= 0.3 is 0 Å². The van der Waals surface area contributed by atoms with Crippen molar-refractivity contribution < 1.29 is 15.3 Å². The predicted molar refractivity (Wildman–Crippen MR) is 55.8 cm³/mol. The Balaban J connectivity index is 2.61. The Labute approximate surface area is 88.4 Å². The molecule has 15 heavy (non-hydrogen) atoms. The molecule has 0 amide bonds. The van der Waals surface area contributed by atoms with Crippen molar-refractivity contribution in [2.45, 2.75) is 19.1 Å². The summed E-state index contributed by atoms with van der Waals surface area (Å²) in [7, 11) is 1.88. The zero-order valence-corrected chi connectivity index (χ0v) is 8.81. The molecule has 1 aromatic rings. The molecule has 4 nitrogen and oxygen atoms in total. The van der Waals surface area contributed by atoms with E-state index >= 15 is 0 Å². The first kappa shape index (κ1) is 10.3. The number of likely N-dealkylation sites (N-methyl/N-ethyl adjacent to an activating group) is 1. The summed E-state index contributed by atoms with van der Waals surface area (Å²) in [4.78, 5) is 1.94. The maximum atomic E-state index is 9.83. The van der Waals surface area contributed by atoms with Crippen molar-refractivity contribution in [2.75, 3.05) is 13.6 Å². The zero-order valence-electron chi connectivity index (χ0n) is 8.81. The summed E-state index contributed by atoms with van der Waals surface area (Å²) in [5, 5.41) is 29.0. The molecule has 0 bridgehead atoms. The van der Waals surface area contributed by atoms with Gasteiger partial charge in [-0.2, -0.15) is 0 Å². The molecule has 0 fully saturated rings. The summed E-state index contributed by atoms with van der Waals surface area (Å²) in [5.41, 5.74) is 1.33. The topological polar surface area (TPSA) is 63.9 Å². The van der Waals surface area contributed by atoms with E-state index in [-0.39, 0.29) is 17.5 Å². The first-order valence-electron chi connectivity index (χ1n) is 4.95. The Morgan fingerprint density at radius 3 is 2.67 bits per heavy atom. The summed E-state index contributed by atoms with van der Waals surface area (Å²) in [6.07, 6.45) is -0.604. The Morgan fingerprint density at radius 2 is 2.00 bits per heavy atom. The predicted octanol–water partition coefficient (Wildman–Crippen LogP) is 1.14. The quantitative estimate of drug-likeness (QED) is 0.561. The van der Waals surface area contributed by atoms with Gasteiger partial charge in [0.2, 0.25) is 0 Å². The third kappa shape index (κ3) is 1.46. The van der Waals surface area contributed by atoms with E-state index in [1.54, 1.807) is 6.07 Å². The average molecular weight is 209 g/mol. The maximum Gasteiger partial charge on any atom is 0.162 e. The van der Waals surface area contributed by atoms with E-state index in [1.165, 1.54) is 6.07 Å². The van der Waals surface area contributed by atoms with Crippen molar-refractivity contribution >= 4 is 0 Å². The minimum atomic E-state index is -0.604. The first-order chi connectivity index (χ1) is 7.02. The number of β-amino-alcohol motifs (C(OH)–C–C–N with tert-alkyl or cyclic N) is 1. The van der Waals surface area contributed by atoms with Gasteiger partial charge in [-0.05, 0) is 25.6 Å². The van der Waals surface area contributed by atoms with Crippen molar-refractivity contribution in [3.63, 3.8) is 0 Å². The number of hydrogen-bond donors (Lipinski definition) is 3. The molecule has 0 aromatic heterocycles. The van der Waals surface area contributed by atoms with E-state index in [2.05, 4.69) is 0 Å². The van der Waals surface area contributed by atoms with Gasteiger partial charge in [0, 0.05) is 18.2 Å². The van der Waals surface area contributed by atoms with Crippen molar-refractivity contribution in [2.24, 2.45) is 0 Å². The van der Waals surface area contributed by atoms with Crippen LogP contribution in [0.4, 0.5) is 0 Å². The van der Waals surface area contributed by atoms with Gasteiger partial charge in [-0.3, -0.25) is 4.90 Å². The van der Waals surface area contributed by atoms with Crippen LogP contribution in [0.15, 0.2) is 12.1 Å². The summed E-state index contributed by atoms with van der Waals surface area (Å²) in [6, 6.07) is 3.07. The molecule has 1 heterocycles. The molecule has 1 aliphatic heterocycles. The van der Waals surface area contributed by atoms with Crippen LogP contribution in [-0.2, 0) is 0 Å². The van der Waals surface area contributed by atoms with Crippen LogP contribution in [-0.4, -0.2) is 33.8 Å². The Hall–Kier alpha value is -1.26. The molecule has 3 N–H and O–H groups in total. The number of aliphatic hydroxyl groups is 1. The molecule has 0 radical (unpaired) electrons. The number of phenolic OH excluding ortho intramolecular Hbond substituents is 2. The highest BCUT2D eigenvalue weighted by molar-refractivity contribution is 5.52. The summed E-state index contributed by atoms with van der Waals surface area (Å²) in [6.45, 7) is 2.47. The van der Waals surface area contributed by atoms with Crippen LogP contribution in [0.1, 0.15) is 30.2 Å². The lowest BCUT2D eigenvalue weighted by Crippen LogP contribution is -2.33. The fourth-order valence-electron chi connectivity index (χ4n) is 2.09. The Bertz CT molecular complexity index is 392. The van der Waals surface area contributed by atoms with Crippen LogP contribution in [0.5, 0.6) is 11.5 Å². The van der Waals surface area contributed by atoms with Gasteiger partial charge in [0.15, 0.2) is 11.5 Å². The molecule has 0 saturated heterocycles. The molecular formula is C11H15NO3. The fourth-order valence-corrected chi connectivity index (χ4v) is 2.09. The van der Waals surface area contributed by atoms with Crippen molar-refractivity contribution in [3.05, 3.63) is 23.3 Å². The second-order valence-corrected chi connectivity index (χ2v) is 4.07. The highest BCUT2D eigenvalue weighted by Gasteiger charge is 2.30. The SMILES string of the molecule is C[C@H]1c2c(ccc(O)c2O)[C@H](O)CN1C. The van der Waals surface area contributed by atoms with Crippen molar-refractivity contribution in [1.29, 1.82) is 0 Å². The molecule has 1 aliphatic rings. The lowest BCUT2D eigenvalue weighted by molar-refractivity contribution is 0.0872. The Morgan fingerprint density at radius 1 is 1.33 bits per heavy atom. The lowest BCUT2D eigenvalue weighted by Gasteiger charge is -2.35. The molecular weight excluding hydrogens is 194 g/mol. The molecule has 82 valence electrons. The van der Waals surface area contributed by atoms with Crippen molar-refractivity contribution in [3.8, 4) is 11.5 Å². The molecule has 2 rings (SSSR count). The normalized spacial score (nSPS) is 26.3. The highest BCUT2D eigenvalue weighted by atomic mass is 16.3. The monoisotopic (exact) mass is 209 g/mol. The summed E-state index contributed by atoms with van der Waals surface area (Å²) >= 11 is 0. The third-order valence-corrected chi connectivity index (χ3v) is 3.13. The number of aromatic hydroxyl groups is 2. The van der Waals surface area contributed by atoms with E-state index in [1.807, 2.05) is 18.9 Å². The molecule has 2 atom stereocenters. The maximum absolute atomic E-state index is 9.83. The Kier molecular flexibility index (Phi) is 2.32. The molecule has 0 unspecified atom stereocenters. The largest absolute Gasteiger partial charge is 0.504 e. The minimum absolute atomic E-state index is 0.00417. The number of benzene rings is 1. The van der Waals surface area contributed by atoms with Gasteiger partial charge in [0.05, 0.1) is 6.10 Å². The molecule has 1 aromatic carbocycles. The fraction of sp³-hybridized carbons (Fsp3) is 0.455. The highest BCUT2D eigenvalue weighted by Crippen LogP contribution is 2.42. The smallest absolute Gasteiger partial charge is 0.162 e. The van der Waals surface area contributed by atoms with Gasteiger partial charge in [-0.15, -0.1) is 0 Å². The van der Waals surface area contributed by atoms with Crippen LogP contribution in [0.25, 0.3) is 0 Å². The van der Waals surface area contributed by atoms with Crippen LogP contribution in [0.3, 0.4) is 0 Å². The number of phenols is 2. The van der Waals surface area contributed by atoms with Crippen LogP contribution in [0, 0.1) is 0 Å². The number of nitrogens with zero attached hydrogens (tertiary/aromatic N) is 1. The lowest BCUT2D eigenvalue weighted by atomic mass is 9.91. The van der Waals surface area contributed by atoms with Gasteiger partial charge in [0.1, 0.15) is 0 Å². The molecule has 0 aliphatic carbocycles. The number of rotatable bonds is 0. The molecule has 0 spiro atoms. The second-order valence-electron chi connectivity index (χ2n) is 4.07. The van der Waals surface area contributed by atoms with Crippen LogP contribution in [0.2, 0.25) is 0 Å². The van der Waals surface area contributed by atoms with E-state index < -0.39 is 6.10 Å². The van der Waals surface area contributed by atoms with Crippen LogP contribution < -0.4 is 0 Å². The van der Waals surface area contributed by atoms with E-state index in [4.69, 9.17) is 0 Å². The van der Waals surface area contributed by atoms with Gasteiger partial charge in [-0.1, -0.05) is 6.07 Å². The standard InChI is InChI=1S/C11H15NO3/c1-6-10-7(9(14)5-12(6)2)3-4-8(13)11(10)15/h3-4,6,9,13-15H,5H2,1-2H3/t6-,9+/m0/s1. The third-order valence-electron chi connectivity index (χ3n) is 3.13. The summed E-state index contributed by atoms with van der Waals surface area (Å²) < 4.78 is 0. The number of fused-ring (bicyclic) bond motifs is 1.